The Morgan fingerprint density at radius 3 is 2.56 bits per heavy atom. The molecule has 2 aliphatic rings. The van der Waals surface area contributed by atoms with E-state index in [1.165, 1.54) is 25.7 Å². The third-order valence-electron chi connectivity index (χ3n) is 4.69. The Kier molecular flexibility index (Phi) is 3.25. The van der Waals surface area contributed by atoms with Gasteiger partial charge in [-0.15, -0.1) is 0 Å². The zero-order valence-corrected chi connectivity index (χ0v) is 11.5. The summed E-state index contributed by atoms with van der Waals surface area (Å²) >= 11 is 6.08. The molecule has 18 heavy (non-hydrogen) atoms. The van der Waals surface area contributed by atoms with E-state index < -0.39 is 0 Å². The zero-order valence-electron chi connectivity index (χ0n) is 10.7. The van der Waals surface area contributed by atoms with Crippen LogP contribution in [-0.4, -0.2) is 7.11 Å². The van der Waals surface area contributed by atoms with Crippen LogP contribution >= 0.6 is 11.6 Å². The Morgan fingerprint density at radius 2 is 1.94 bits per heavy atom. The molecule has 0 bridgehead atoms. The van der Waals surface area contributed by atoms with Gasteiger partial charge in [0, 0.05) is 16.6 Å². The van der Waals surface area contributed by atoms with Crippen molar-refractivity contribution in [1.82, 2.24) is 0 Å². The molecule has 0 heterocycles. The second-order valence-electron chi connectivity index (χ2n) is 5.60. The van der Waals surface area contributed by atoms with Gasteiger partial charge in [0.2, 0.25) is 0 Å². The topological polar surface area (TPSA) is 35.2 Å². The number of fused-ring (bicyclic) bond motifs is 1. The standard InChI is InChI=1S/C15H20ClNO/c1-18-13-7-6-9(16)8-12(13)15(17)14-10-4-2-3-5-11(10)14/h6-8,10-11,14-15H,2-5,17H2,1H3. The largest absolute Gasteiger partial charge is 0.496 e. The molecule has 0 amide bonds. The van der Waals surface area contributed by atoms with Crippen molar-refractivity contribution in [2.75, 3.05) is 7.11 Å². The Bertz CT molecular complexity index is 436. The first kappa shape index (κ1) is 12.3. The third-order valence-corrected chi connectivity index (χ3v) is 4.92. The minimum Gasteiger partial charge on any atom is -0.496 e. The van der Waals surface area contributed by atoms with E-state index in [9.17, 15) is 0 Å². The van der Waals surface area contributed by atoms with Crippen molar-refractivity contribution in [1.29, 1.82) is 0 Å². The van der Waals surface area contributed by atoms with Crippen molar-refractivity contribution >= 4 is 11.6 Å². The molecule has 2 N–H and O–H groups in total. The van der Waals surface area contributed by atoms with Crippen LogP contribution in [0.3, 0.4) is 0 Å². The lowest BCUT2D eigenvalue weighted by molar-refractivity contribution is 0.400. The summed E-state index contributed by atoms with van der Waals surface area (Å²) in [5.74, 6) is 3.20. The summed E-state index contributed by atoms with van der Waals surface area (Å²) in [5.41, 5.74) is 7.54. The molecule has 2 aliphatic carbocycles. The Morgan fingerprint density at radius 1 is 1.28 bits per heavy atom. The maximum atomic E-state index is 6.47. The lowest BCUT2D eigenvalue weighted by atomic mass is 10.00. The van der Waals surface area contributed by atoms with Crippen molar-refractivity contribution in [2.45, 2.75) is 31.7 Å². The molecule has 0 aliphatic heterocycles. The lowest BCUT2D eigenvalue weighted by Crippen LogP contribution is -2.15. The molecule has 1 aromatic rings. The van der Waals surface area contributed by atoms with Crippen molar-refractivity contribution in [3.8, 4) is 5.75 Å². The predicted molar refractivity (Wildman–Crippen MR) is 73.9 cm³/mol. The third kappa shape index (κ3) is 2.02. The molecule has 2 fully saturated rings. The number of rotatable bonds is 3. The van der Waals surface area contributed by atoms with Gasteiger partial charge in [-0.25, -0.2) is 0 Å². The van der Waals surface area contributed by atoms with E-state index in [1.54, 1.807) is 7.11 Å². The lowest BCUT2D eigenvalue weighted by Gasteiger charge is -2.16. The van der Waals surface area contributed by atoms with Crippen molar-refractivity contribution < 1.29 is 4.74 Å². The molecular formula is C15H20ClNO. The summed E-state index contributed by atoms with van der Waals surface area (Å²) in [7, 11) is 1.69. The molecule has 2 nitrogen and oxygen atoms in total. The molecule has 3 atom stereocenters. The van der Waals surface area contributed by atoms with Gasteiger partial charge in [-0.05, 0) is 48.8 Å². The Labute approximate surface area is 113 Å². The van der Waals surface area contributed by atoms with Gasteiger partial charge in [-0.3, -0.25) is 0 Å². The van der Waals surface area contributed by atoms with Gasteiger partial charge in [-0.1, -0.05) is 24.4 Å². The van der Waals surface area contributed by atoms with Crippen LogP contribution in [0.15, 0.2) is 18.2 Å². The smallest absolute Gasteiger partial charge is 0.123 e. The molecule has 98 valence electrons. The van der Waals surface area contributed by atoms with E-state index >= 15 is 0 Å². The fraction of sp³-hybridized carbons (Fsp3) is 0.600. The summed E-state index contributed by atoms with van der Waals surface area (Å²) in [5, 5.41) is 0.741. The fourth-order valence-electron chi connectivity index (χ4n) is 3.75. The molecule has 3 unspecified atom stereocenters. The van der Waals surface area contributed by atoms with Gasteiger partial charge in [-0.2, -0.15) is 0 Å². The van der Waals surface area contributed by atoms with Crippen LogP contribution in [0.1, 0.15) is 37.3 Å². The van der Waals surface area contributed by atoms with Gasteiger partial charge >= 0.3 is 0 Å². The summed E-state index contributed by atoms with van der Waals surface area (Å²) in [6.45, 7) is 0. The predicted octanol–water partition coefficient (Wildman–Crippen LogP) is 3.78. The van der Waals surface area contributed by atoms with Gasteiger partial charge < -0.3 is 10.5 Å². The summed E-state index contributed by atoms with van der Waals surface area (Å²) in [6, 6.07) is 5.82. The van der Waals surface area contributed by atoms with Crippen molar-refractivity contribution in [3.63, 3.8) is 0 Å². The number of halogens is 1. The van der Waals surface area contributed by atoms with Crippen LogP contribution in [-0.2, 0) is 0 Å². The van der Waals surface area contributed by atoms with Gasteiger partial charge in [0.1, 0.15) is 5.75 Å². The average molecular weight is 266 g/mol. The first-order valence-corrected chi connectivity index (χ1v) is 7.19. The van der Waals surface area contributed by atoms with E-state index in [-0.39, 0.29) is 6.04 Å². The second kappa shape index (κ2) is 4.75. The highest BCUT2D eigenvalue weighted by atomic mass is 35.5. The maximum Gasteiger partial charge on any atom is 0.123 e. The molecule has 0 spiro atoms. The molecule has 1 aromatic carbocycles. The fourth-order valence-corrected chi connectivity index (χ4v) is 3.93. The van der Waals surface area contributed by atoms with Crippen LogP contribution in [0.25, 0.3) is 0 Å². The summed E-state index contributed by atoms with van der Waals surface area (Å²) in [6.07, 6.45) is 5.45. The monoisotopic (exact) mass is 265 g/mol. The van der Waals surface area contributed by atoms with Crippen LogP contribution in [0.5, 0.6) is 5.75 Å². The van der Waals surface area contributed by atoms with Gasteiger partial charge in [0.25, 0.3) is 0 Å². The molecule has 0 radical (unpaired) electrons. The molecular weight excluding hydrogens is 246 g/mol. The maximum absolute atomic E-state index is 6.47. The van der Waals surface area contributed by atoms with E-state index in [1.807, 2.05) is 18.2 Å². The quantitative estimate of drug-likeness (QED) is 0.903. The van der Waals surface area contributed by atoms with Crippen LogP contribution in [0.2, 0.25) is 5.02 Å². The normalized spacial score (nSPS) is 31.6. The molecule has 0 saturated heterocycles. The highest BCUT2D eigenvalue weighted by Crippen LogP contribution is 2.60. The van der Waals surface area contributed by atoms with E-state index in [0.717, 1.165) is 28.2 Å². The van der Waals surface area contributed by atoms with Crippen LogP contribution < -0.4 is 10.5 Å². The molecule has 3 rings (SSSR count). The highest BCUT2D eigenvalue weighted by Gasteiger charge is 2.53. The molecule has 3 heteroatoms. The van der Waals surface area contributed by atoms with E-state index in [4.69, 9.17) is 22.1 Å². The van der Waals surface area contributed by atoms with Crippen molar-refractivity contribution in [2.24, 2.45) is 23.5 Å². The number of ether oxygens (including phenoxy) is 1. The molecule has 0 aromatic heterocycles. The molecule has 2 saturated carbocycles. The highest BCUT2D eigenvalue weighted by molar-refractivity contribution is 6.30. The number of hydrogen-bond acceptors (Lipinski definition) is 2. The van der Waals surface area contributed by atoms with Crippen LogP contribution in [0.4, 0.5) is 0 Å². The van der Waals surface area contributed by atoms with E-state index in [0.29, 0.717) is 5.92 Å². The average Bonchev–Trinajstić information content (AvgIpc) is 3.12. The number of hydrogen-bond donors (Lipinski definition) is 1. The van der Waals surface area contributed by atoms with Crippen LogP contribution in [0, 0.1) is 17.8 Å². The van der Waals surface area contributed by atoms with Gasteiger partial charge in [0.05, 0.1) is 7.11 Å². The number of benzene rings is 1. The summed E-state index contributed by atoms with van der Waals surface area (Å²) < 4.78 is 5.41. The summed E-state index contributed by atoms with van der Waals surface area (Å²) in [4.78, 5) is 0. The Hall–Kier alpha value is -0.730. The number of methoxy groups -OCH3 is 1. The first-order chi connectivity index (χ1) is 8.72. The van der Waals surface area contributed by atoms with Gasteiger partial charge in [0.15, 0.2) is 0 Å². The zero-order chi connectivity index (χ0) is 12.7. The minimum atomic E-state index is 0.0757. The Balaban J connectivity index is 1.84. The minimum absolute atomic E-state index is 0.0757. The second-order valence-corrected chi connectivity index (χ2v) is 6.04. The van der Waals surface area contributed by atoms with Crippen molar-refractivity contribution in [3.05, 3.63) is 28.8 Å². The van der Waals surface area contributed by atoms with E-state index in [2.05, 4.69) is 0 Å². The SMILES string of the molecule is COc1ccc(Cl)cc1C(N)C1C2CCCCC21. The number of nitrogens with two attached hydrogens (primary N) is 1. The first-order valence-electron chi connectivity index (χ1n) is 6.81.